The largest absolute Gasteiger partial charge is 0.508 e. The highest BCUT2D eigenvalue weighted by Crippen LogP contribution is 2.48. The van der Waals surface area contributed by atoms with Crippen LogP contribution < -0.4 is 15.0 Å². The SMILES string of the molecule is C#Cc1c(F)ccc2cc(O)cc(-c3c(C)cc4c(N5CC6CCC(C5)N6)nc(OCC5(CN6C[C@H]7COC[C@@H]7C6)CC5)nc4c3F)c12. The molecule has 4 aliphatic heterocycles. The number of aromatic nitrogens is 2. The van der Waals surface area contributed by atoms with Crippen molar-refractivity contribution in [1.29, 1.82) is 0 Å². The lowest BCUT2D eigenvalue weighted by Crippen LogP contribution is -2.51. The van der Waals surface area contributed by atoms with Crippen molar-refractivity contribution in [2.75, 3.05) is 57.4 Å². The van der Waals surface area contributed by atoms with Crippen LogP contribution in [0.5, 0.6) is 11.8 Å². The van der Waals surface area contributed by atoms with Gasteiger partial charge >= 0.3 is 6.01 Å². The van der Waals surface area contributed by atoms with E-state index in [0.29, 0.717) is 63.6 Å². The number of hydrogen-bond donors (Lipinski definition) is 2. The molecule has 8 nitrogen and oxygen atoms in total. The van der Waals surface area contributed by atoms with E-state index in [2.05, 4.69) is 21.0 Å². The van der Waals surface area contributed by atoms with Crippen molar-refractivity contribution in [2.45, 2.75) is 44.7 Å². The molecule has 0 spiro atoms. The smallest absolute Gasteiger partial charge is 0.319 e. The van der Waals surface area contributed by atoms with Gasteiger partial charge in [-0.3, -0.25) is 0 Å². The maximum Gasteiger partial charge on any atom is 0.319 e. The van der Waals surface area contributed by atoms with Crippen LogP contribution in [0.15, 0.2) is 30.3 Å². The van der Waals surface area contributed by atoms with Crippen LogP contribution >= 0.6 is 0 Å². The average Bonchev–Trinajstić information content (AvgIpc) is 3.31. The van der Waals surface area contributed by atoms with Crippen LogP contribution in [0.3, 0.4) is 0 Å². The van der Waals surface area contributed by atoms with E-state index in [1.54, 1.807) is 6.07 Å². The molecule has 4 aromatic rings. The molecule has 2 unspecified atom stereocenters. The van der Waals surface area contributed by atoms with E-state index >= 15 is 4.39 Å². The van der Waals surface area contributed by atoms with Crippen LogP contribution in [0, 0.1) is 48.2 Å². The molecule has 5 heterocycles. The van der Waals surface area contributed by atoms with Crippen molar-refractivity contribution in [3.63, 3.8) is 0 Å². The minimum absolute atomic E-state index is 0.0222. The number of likely N-dealkylation sites (tertiary alicyclic amines) is 1. The Morgan fingerprint density at radius 2 is 1.81 bits per heavy atom. The monoisotopic (exact) mass is 651 g/mol. The maximum atomic E-state index is 17.2. The summed E-state index contributed by atoms with van der Waals surface area (Å²) in [4.78, 5) is 14.5. The molecule has 1 saturated carbocycles. The molecule has 4 atom stereocenters. The Kier molecular flexibility index (Phi) is 7.05. The zero-order chi connectivity index (χ0) is 32.7. The fourth-order valence-corrected chi connectivity index (χ4v) is 8.82. The second-order valence-corrected chi connectivity index (χ2v) is 14.8. The van der Waals surface area contributed by atoms with Gasteiger partial charge in [-0.05, 0) is 73.4 Å². The molecule has 48 heavy (non-hydrogen) atoms. The van der Waals surface area contributed by atoms with E-state index in [4.69, 9.17) is 25.9 Å². The number of nitrogens with zero attached hydrogens (tertiary/aromatic N) is 4. The van der Waals surface area contributed by atoms with Gasteiger partial charge in [-0.1, -0.05) is 12.0 Å². The first-order chi connectivity index (χ1) is 23.3. The number of aromatic hydroxyl groups is 1. The van der Waals surface area contributed by atoms with Crippen molar-refractivity contribution in [2.24, 2.45) is 17.3 Å². The van der Waals surface area contributed by atoms with E-state index in [1.807, 2.05) is 13.0 Å². The summed E-state index contributed by atoms with van der Waals surface area (Å²) in [5.74, 6) is 3.13. The van der Waals surface area contributed by atoms with Gasteiger partial charge in [0.15, 0.2) is 5.82 Å². The summed E-state index contributed by atoms with van der Waals surface area (Å²) in [6, 6.07) is 8.52. The predicted octanol–water partition coefficient (Wildman–Crippen LogP) is 5.40. The molecule has 2 N–H and O–H groups in total. The molecule has 2 bridgehead atoms. The third-order valence-corrected chi connectivity index (χ3v) is 11.4. The first-order valence-electron chi connectivity index (χ1n) is 17.1. The van der Waals surface area contributed by atoms with Crippen LogP contribution in [0.4, 0.5) is 14.6 Å². The van der Waals surface area contributed by atoms with E-state index in [1.165, 1.54) is 18.2 Å². The summed E-state index contributed by atoms with van der Waals surface area (Å²) in [6.07, 6.45) is 10.1. The number of piperazine rings is 1. The lowest BCUT2D eigenvalue weighted by Gasteiger charge is -2.34. The Morgan fingerprint density at radius 1 is 1.06 bits per heavy atom. The fourth-order valence-electron chi connectivity index (χ4n) is 8.82. The van der Waals surface area contributed by atoms with Crippen molar-refractivity contribution >= 4 is 27.5 Å². The molecule has 1 aromatic heterocycles. The zero-order valence-corrected chi connectivity index (χ0v) is 27.1. The van der Waals surface area contributed by atoms with Crippen LogP contribution in [0.2, 0.25) is 0 Å². The zero-order valence-electron chi connectivity index (χ0n) is 27.1. The number of phenolic OH excluding ortho intramolecular Hbond substituents is 1. The highest BCUT2D eigenvalue weighted by atomic mass is 19.1. The lowest BCUT2D eigenvalue weighted by atomic mass is 9.90. The number of benzene rings is 3. The van der Waals surface area contributed by atoms with Gasteiger partial charge in [-0.25, -0.2) is 8.78 Å². The second kappa shape index (κ2) is 11.3. The third kappa shape index (κ3) is 5.06. The molecule has 10 heteroatoms. The third-order valence-electron chi connectivity index (χ3n) is 11.4. The summed E-state index contributed by atoms with van der Waals surface area (Å²) in [5, 5.41) is 15.8. The Hall–Kier alpha value is -4.04. The summed E-state index contributed by atoms with van der Waals surface area (Å²) in [7, 11) is 0. The van der Waals surface area contributed by atoms with Gasteiger partial charge in [0.2, 0.25) is 0 Å². The van der Waals surface area contributed by atoms with E-state index in [-0.39, 0.29) is 33.8 Å². The van der Waals surface area contributed by atoms with Crippen molar-refractivity contribution < 1.29 is 23.4 Å². The minimum atomic E-state index is -0.581. The number of nitrogens with one attached hydrogen (secondary N) is 1. The first-order valence-corrected chi connectivity index (χ1v) is 17.1. The number of phenols is 1. The van der Waals surface area contributed by atoms with Crippen molar-refractivity contribution in [1.82, 2.24) is 20.2 Å². The van der Waals surface area contributed by atoms with Gasteiger partial charge in [-0.2, -0.15) is 9.97 Å². The second-order valence-electron chi connectivity index (χ2n) is 14.8. The quantitative estimate of drug-likeness (QED) is 0.257. The van der Waals surface area contributed by atoms with E-state index in [9.17, 15) is 9.50 Å². The minimum Gasteiger partial charge on any atom is -0.508 e. The molecule has 0 amide bonds. The molecular weight excluding hydrogens is 612 g/mol. The summed E-state index contributed by atoms with van der Waals surface area (Å²) >= 11 is 0. The first kappa shape index (κ1) is 30.1. The summed E-state index contributed by atoms with van der Waals surface area (Å²) in [6.45, 7) is 8.62. The topological polar surface area (TPSA) is 83.0 Å². The van der Waals surface area contributed by atoms with Crippen LogP contribution in [0.25, 0.3) is 32.8 Å². The molecule has 4 saturated heterocycles. The normalized spacial score (nSPS) is 25.9. The number of hydrogen-bond acceptors (Lipinski definition) is 8. The van der Waals surface area contributed by atoms with Gasteiger partial charge in [0.1, 0.15) is 22.9 Å². The van der Waals surface area contributed by atoms with Crippen LogP contribution in [-0.2, 0) is 4.74 Å². The number of anilines is 1. The van der Waals surface area contributed by atoms with Gasteiger partial charge in [0.05, 0.1) is 25.4 Å². The average molecular weight is 652 g/mol. The molecule has 5 aliphatic rings. The van der Waals surface area contributed by atoms with Crippen LogP contribution in [0.1, 0.15) is 36.8 Å². The Bertz CT molecular complexity index is 1980. The molecule has 3 aromatic carbocycles. The number of halogens is 2. The number of ether oxygens (including phenoxy) is 2. The summed E-state index contributed by atoms with van der Waals surface area (Å²) < 4.78 is 44.2. The fraction of sp³-hybridized carbons (Fsp3) is 0.474. The standard InChI is InChI=1S/C38H39F2N5O3/c1-3-28-31(39)7-4-22-11-27(46)12-29(33(22)28)32-21(2)10-30-35(34(32)40)42-37(43-36(30)45-15-25-5-6-26(16-45)41-25)48-20-38(8-9-38)19-44-13-23-17-47-18-24(23)14-44/h1,4,7,10-12,23-26,41,46H,5-6,8-9,13-20H2,2H3/t23-,24-,25?,26?/m0/s1. The molecule has 248 valence electrons. The number of terminal acetylenes is 1. The Labute approximate surface area is 278 Å². The summed E-state index contributed by atoms with van der Waals surface area (Å²) in [5.41, 5.74) is 1.33. The van der Waals surface area contributed by atoms with Gasteiger partial charge < -0.3 is 29.7 Å². The van der Waals surface area contributed by atoms with Crippen molar-refractivity contribution in [3.8, 4) is 35.2 Å². The van der Waals surface area contributed by atoms with Gasteiger partial charge in [0, 0.05) is 78.4 Å². The number of fused-ring (bicyclic) bond motifs is 5. The highest BCUT2D eigenvalue weighted by molar-refractivity contribution is 6.05. The highest BCUT2D eigenvalue weighted by Gasteiger charge is 2.48. The van der Waals surface area contributed by atoms with E-state index < -0.39 is 11.6 Å². The molecule has 0 radical (unpaired) electrons. The predicted molar refractivity (Wildman–Crippen MR) is 180 cm³/mol. The maximum absolute atomic E-state index is 17.2. The molecular formula is C38H39F2N5O3. The lowest BCUT2D eigenvalue weighted by molar-refractivity contribution is 0.131. The number of rotatable bonds is 7. The molecule has 5 fully saturated rings. The van der Waals surface area contributed by atoms with Gasteiger partial charge in [0.25, 0.3) is 0 Å². The van der Waals surface area contributed by atoms with E-state index in [0.717, 1.165) is 71.6 Å². The van der Waals surface area contributed by atoms with Gasteiger partial charge in [-0.15, -0.1) is 6.42 Å². The molecule has 9 rings (SSSR count). The Balaban J connectivity index is 1.13. The van der Waals surface area contributed by atoms with Crippen LogP contribution in [-0.4, -0.2) is 84.6 Å². The number of aryl methyl sites for hydroxylation is 1. The Morgan fingerprint density at radius 3 is 2.52 bits per heavy atom. The molecule has 1 aliphatic carbocycles. The van der Waals surface area contributed by atoms with Crippen molar-refractivity contribution in [3.05, 3.63) is 53.1 Å².